The van der Waals surface area contributed by atoms with Crippen molar-refractivity contribution in [3.8, 4) is 5.75 Å². The van der Waals surface area contributed by atoms with Crippen LogP contribution >= 0.6 is 0 Å². The predicted molar refractivity (Wildman–Crippen MR) is 84.5 cm³/mol. The Kier molecular flexibility index (Phi) is 4.62. The Morgan fingerprint density at radius 3 is 3.09 bits per heavy atom. The third-order valence-corrected chi connectivity index (χ3v) is 3.82. The maximum Gasteiger partial charge on any atom is 0.256 e. The molecule has 0 radical (unpaired) electrons. The summed E-state index contributed by atoms with van der Waals surface area (Å²) in [6.07, 6.45) is 2.04. The molecule has 0 aliphatic carbocycles. The molecule has 2 aromatic rings. The lowest BCUT2D eigenvalue weighted by atomic mass is 10.1. The summed E-state index contributed by atoms with van der Waals surface area (Å²) in [5.41, 5.74) is 0.522. The van der Waals surface area contributed by atoms with Crippen molar-refractivity contribution < 1.29 is 18.7 Å². The smallest absolute Gasteiger partial charge is 0.256 e. The third-order valence-electron chi connectivity index (χ3n) is 3.82. The van der Waals surface area contributed by atoms with Gasteiger partial charge in [-0.15, -0.1) is 0 Å². The van der Waals surface area contributed by atoms with Crippen LogP contribution in [-0.4, -0.2) is 31.8 Å². The quantitative estimate of drug-likeness (QED) is 0.886. The van der Waals surface area contributed by atoms with Crippen molar-refractivity contribution >= 4 is 16.9 Å². The predicted octanol–water partition coefficient (Wildman–Crippen LogP) is 2.22. The lowest BCUT2D eigenvalue weighted by molar-refractivity contribution is 0.0854. The lowest BCUT2D eigenvalue weighted by Crippen LogP contribution is -2.34. The van der Waals surface area contributed by atoms with Gasteiger partial charge in [0.1, 0.15) is 5.56 Å². The number of benzene rings is 1. The van der Waals surface area contributed by atoms with Crippen LogP contribution in [0.3, 0.4) is 0 Å². The first kappa shape index (κ1) is 15.6. The number of hydrogen-bond acceptors (Lipinski definition) is 5. The standard InChI is InChI=1S/C17H20N2O4/c1-2-21-14-7-3-5-11-9-13(16(18)23-15(11)14)17(20)19-10-12-6-4-8-22-12/h3,5,7,9,12,18H,2,4,6,8,10H2,1H3,(H,19,20). The molecular formula is C17H20N2O4. The first-order valence-corrected chi connectivity index (χ1v) is 7.83. The first-order valence-electron chi connectivity index (χ1n) is 7.83. The minimum Gasteiger partial charge on any atom is -0.490 e. The molecule has 0 saturated carbocycles. The Bertz CT molecular complexity index is 763. The van der Waals surface area contributed by atoms with Gasteiger partial charge in [-0.25, -0.2) is 0 Å². The molecule has 1 aliphatic rings. The van der Waals surface area contributed by atoms with Gasteiger partial charge in [0, 0.05) is 18.5 Å². The second kappa shape index (κ2) is 6.83. The number of rotatable bonds is 5. The van der Waals surface area contributed by atoms with Crippen LogP contribution in [0.1, 0.15) is 30.1 Å². The van der Waals surface area contributed by atoms with Crippen LogP contribution in [0.4, 0.5) is 0 Å². The minimum atomic E-state index is -0.321. The molecule has 1 aliphatic heterocycles. The number of carbonyl (C=O) groups excluding carboxylic acids is 1. The van der Waals surface area contributed by atoms with E-state index >= 15 is 0 Å². The third kappa shape index (κ3) is 3.37. The molecule has 1 amide bonds. The zero-order chi connectivity index (χ0) is 16.2. The monoisotopic (exact) mass is 316 g/mol. The van der Waals surface area contributed by atoms with Gasteiger partial charge in [0.2, 0.25) is 5.55 Å². The van der Waals surface area contributed by atoms with E-state index in [1.54, 1.807) is 12.1 Å². The summed E-state index contributed by atoms with van der Waals surface area (Å²) in [4.78, 5) is 12.3. The van der Waals surface area contributed by atoms with E-state index in [1.165, 1.54) is 0 Å². The molecule has 6 nitrogen and oxygen atoms in total. The fourth-order valence-corrected chi connectivity index (χ4v) is 2.68. The van der Waals surface area contributed by atoms with Gasteiger partial charge in [0.15, 0.2) is 11.3 Å². The number of hydrogen-bond donors (Lipinski definition) is 2. The number of fused-ring (bicyclic) bond motifs is 1. The van der Waals surface area contributed by atoms with Gasteiger partial charge < -0.3 is 19.2 Å². The van der Waals surface area contributed by atoms with E-state index in [2.05, 4.69) is 5.32 Å². The van der Waals surface area contributed by atoms with E-state index in [-0.39, 0.29) is 23.1 Å². The summed E-state index contributed by atoms with van der Waals surface area (Å²) in [6, 6.07) is 7.11. The summed E-state index contributed by atoms with van der Waals surface area (Å²) in [6.45, 7) is 3.59. The molecule has 6 heteroatoms. The average molecular weight is 316 g/mol. The van der Waals surface area contributed by atoms with E-state index in [0.717, 1.165) is 24.8 Å². The van der Waals surface area contributed by atoms with Gasteiger partial charge in [-0.3, -0.25) is 10.2 Å². The molecule has 23 heavy (non-hydrogen) atoms. The molecule has 1 fully saturated rings. The summed E-state index contributed by atoms with van der Waals surface area (Å²) >= 11 is 0. The summed E-state index contributed by atoms with van der Waals surface area (Å²) in [5, 5.41) is 11.5. The molecule has 1 saturated heterocycles. The lowest BCUT2D eigenvalue weighted by Gasteiger charge is -2.11. The van der Waals surface area contributed by atoms with Gasteiger partial charge in [-0.1, -0.05) is 12.1 Å². The second-order valence-electron chi connectivity index (χ2n) is 5.44. The Morgan fingerprint density at radius 1 is 1.48 bits per heavy atom. The van der Waals surface area contributed by atoms with Crippen molar-refractivity contribution in [2.24, 2.45) is 0 Å². The fourth-order valence-electron chi connectivity index (χ4n) is 2.68. The summed E-state index contributed by atoms with van der Waals surface area (Å²) in [5.74, 6) is 0.253. The Labute approximate surface area is 133 Å². The van der Waals surface area contributed by atoms with Crippen LogP contribution in [0.15, 0.2) is 28.7 Å². The maximum atomic E-state index is 12.3. The summed E-state index contributed by atoms with van der Waals surface area (Å²) in [7, 11) is 0. The highest BCUT2D eigenvalue weighted by Crippen LogP contribution is 2.24. The van der Waals surface area contributed by atoms with Crippen molar-refractivity contribution in [3.05, 3.63) is 35.4 Å². The van der Waals surface area contributed by atoms with Crippen molar-refractivity contribution in [2.45, 2.75) is 25.9 Å². The SMILES string of the molecule is CCOc1cccc2cc(C(=O)NCC3CCCO3)c(=N)oc12. The molecule has 1 aromatic heterocycles. The van der Waals surface area contributed by atoms with E-state index in [0.29, 0.717) is 24.5 Å². The van der Waals surface area contributed by atoms with Crippen molar-refractivity contribution in [3.63, 3.8) is 0 Å². The molecule has 1 aromatic carbocycles. The van der Waals surface area contributed by atoms with Crippen LogP contribution in [0.25, 0.3) is 11.0 Å². The first-order chi connectivity index (χ1) is 11.2. The number of carbonyl (C=O) groups is 1. The highest BCUT2D eigenvalue weighted by molar-refractivity contribution is 5.97. The van der Waals surface area contributed by atoms with Crippen LogP contribution in [0.5, 0.6) is 5.75 Å². The molecule has 1 unspecified atom stereocenters. The zero-order valence-corrected chi connectivity index (χ0v) is 13.1. The minimum absolute atomic E-state index is 0.0649. The molecular weight excluding hydrogens is 296 g/mol. The Balaban J connectivity index is 1.84. The number of ether oxygens (including phenoxy) is 2. The Hall–Kier alpha value is -2.34. The largest absolute Gasteiger partial charge is 0.490 e. The number of para-hydroxylation sites is 1. The van der Waals surface area contributed by atoms with Crippen molar-refractivity contribution in [1.82, 2.24) is 5.32 Å². The van der Waals surface area contributed by atoms with Crippen LogP contribution in [0.2, 0.25) is 0 Å². The van der Waals surface area contributed by atoms with Gasteiger partial charge in [-0.2, -0.15) is 0 Å². The van der Waals surface area contributed by atoms with Gasteiger partial charge in [0.05, 0.1) is 12.7 Å². The molecule has 122 valence electrons. The van der Waals surface area contributed by atoms with E-state index in [4.69, 9.17) is 19.3 Å². The van der Waals surface area contributed by atoms with Crippen molar-refractivity contribution in [1.29, 1.82) is 5.41 Å². The molecule has 2 N–H and O–H groups in total. The molecule has 0 bridgehead atoms. The molecule has 2 heterocycles. The van der Waals surface area contributed by atoms with Crippen molar-refractivity contribution in [2.75, 3.05) is 19.8 Å². The topological polar surface area (TPSA) is 84.5 Å². The Morgan fingerprint density at radius 2 is 2.35 bits per heavy atom. The van der Waals surface area contributed by atoms with Crippen LogP contribution in [-0.2, 0) is 4.74 Å². The zero-order valence-electron chi connectivity index (χ0n) is 13.1. The van der Waals surface area contributed by atoms with E-state index in [9.17, 15) is 4.79 Å². The van der Waals surface area contributed by atoms with Gasteiger partial charge in [0.25, 0.3) is 5.91 Å². The number of nitrogens with one attached hydrogen (secondary N) is 2. The number of amides is 1. The van der Waals surface area contributed by atoms with Gasteiger partial charge in [-0.05, 0) is 31.9 Å². The van der Waals surface area contributed by atoms with Crippen LogP contribution in [0, 0.1) is 5.41 Å². The second-order valence-corrected chi connectivity index (χ2v) is 5.44. The molecule has 3 rings (SSSR count). The molecule has 1 atom stereocenters. The van der Waals surface area contributed by atoms with Crippen LogP contribution < -0.4 is 15.6 Å². The van der Waals surface area contributed by atoms with Gasteiger partial charge >= 0.3 is 0 Å². The maximum absolute atomic E-state index is 12.3. The average Bonchev–Trinajstić information content (AvgIpc) is 3.06. The highest BCUT2D eigenvalue weighted by atomic mass is 16.5. The molecule has 0 spiro atoms. The van der Waals surface area contributed by atoms with E-state index in [1.807, 2.05) is 19.1 Å². The summed E-state index contributed by atoms with van der Waals surface area (Å²) < 4.78 is 16.5. The van der Waals surface area contributed by atoms with E-state index < -0.39 is 0 Å². The fraction of sp³-hybridized carbons (Fsp3) is 0.412. The normalized spacial score (nSPS) is 17.3. The highest BCUT2D eigenvalue weighted by Gasteiger charge is 2.18.